The van der Waals surface area contributed by atoms with E-state index < -0.39 is 52.3 Å². The SMILES string of the molecule is O=C(/C=C/c1c(F)cccc1F)Nc1ccc(NC(=O)c2ccccc2F)cc1C(F)(F)F. The van der Waals surface area contributed by atoms with Crippen LogP contribution < -0.4 is 10.6 Å². The topological polar surface area (TPSA) is 58.2 Å². The predicted octanol–water partition coefficient (Wildman–Crippen LogP) is 6.03. The number of amides is 2. The highest BCUT2D eigenvalue weighted by Gasteiger charge is 2.34. The van der Waals surface area contributed by atoms with Gasteiger partial charge in [0, 0.05) is 17.3 Å². The second-order valence-electron chi connectivity index (χ2n) is 6.65. The molecule has 0 heterocycles. The predicted molar refractivity (Wildman–Crippen MR) is 110 cm³/mol. The Kier molecular flexibility index (Phi) is 6.86. The van der Waals surface area contributed by atoms with Crippen LogP contribution in [0.1, 0.15) is 21.5 Å². The third-order valence-electron chi connectivity index (χ3n) is 4.36. The first kappa shape index (κ1) is 23.6. The van der Waals surface area contributed by atoms with Crippen LogP contribution in [0.2, 0.25) is 0 Å². The molecule has 0 bridgehead atoms. The van der Waals surface area contributed by atoms with Crippen molar-refractivity contribution in [1.82, 2.24) is 0 Å². The summed E-state index contributed by atoms with van der Waals surface area (Å²) < 4.78 is 81.5. The van der Waals surface area contributed by atoms with Gasteiger partial charge in [-0.2, -0.15) is 13.2 Å². The minimum atomic E-state index is -4.93. The Morgan fingerprint density at radius 3 is 2.06 bits per heavy atom. The van der Waals surface area contributed by atoms with Gasteiger partial charge in [-0.05, 0) is 48.5 Å². The molecule has 2 N–H and O–H groups in total. The van der Waals surface area contributed by atoms with E-state index in [9.17, 15) is 35.9 Å². The van der Waals surface area contributed by atoms with E-state index in [1.807, 2.05) is 5.32 Å². The van der Waals surface area contributed by atoms with Crippen molar-refractivity contribution in [3.63, 3.8) is 0 Å². The fraction of sp³-hybridized carbons (Fsp3) is 0.0435. The van der Waals surface area contributed by atoms with Crippen molar-refractivity contribution in [3.8, 4) is 0 Å². The van der Waals surface area contributed by atoms with Crippen LogP contribution >= 0.6 is 0 Å². The van der Waals surface area contributed by atoms with Gasteiger partial charge in [0.15, 0.2) is 0 Å². The largest absolute Gasteiger partial charge is 0.418 e. The summed E-state index contributed by atoms with van der Waals surface area (Å²) in [4.78, 5) is 24.2. The molecule has 3 rings (SSSR count). The van der Waals surface area contributed by atoms with E-state index in [1.165, 1.54) is 12.1 Å². The maximum absolute atomic E-state index is 13.7. The highest BCUT2D eigenvalue weighted by atomic mass is 19.4. The van der Waals surface area contributed by atoms with E-state index >= 15 is 0 Å². The second kappa shape index (κ2) is 9.60. The summed E-state index contributed by atoms with van der Waals surface area (Å²) in [5.41, 5.74) is -3.15. The quantitative estimate of drug-likeness (QED) is 0.358. The van der Waals surface area contributed by atoms with Gasteiger partial charge in [0.2, 0.25) is 5.91 Å². The van der Waals surface area contributed by atoms with Gasteiger partial charge in [0.25, 0.3) is 5.91 Å². The van der Waals surface area contributed by atoms with Crippen LogP contribution in [-0.2, 0) is 11.0 Å². The zero-order valence-corrected chi connectivity index (χ0v) is 16.5. The lowest BCUT2D eigenvalue weighted by molar-refractivity contribution is -0.136. The molecule has 0 saturated heterocycles. The van der Waals surface area contributed by atoms with Crippen molar-refractivity contribution in [2.24, 2.45) is 0 Å². The molecule has 170 valence electrons. The van der Waals surface area contributed by atoms with Crippen molar-refractivity contribution in [2.75, 3.05) is 10.6 Å². The van der Waals surface area contributed by atoms with Crippen molar-refractivity contribution < 1.29 is 35.9 Å². The van der Waals surface area contributed by atoms with E-state index in [-0.39, 0.29) is 11.3 Å². The van der Waals surface area contributed by atoms with Crippen LogP contribution in [0.15, 0.2) is 66.7 Å². The molecule has 0 radical (unpaired) electrons. The number of hydrogen-bond acceptors (Lipinski definition) is 2. The number of benzene rings is 3. The first-order valence-electron chi connectivity index (χ1n) is 9.26. The maximum atomic E-state index is 13.7. The number of halogens is 6. The number of carbonyl (C=O) groups is 2. The highest BCUT2D eigenvalue weighted by molar-refractivity contribution is 6.05. The average Bonchev–Trinajstić information content (AvgIpc) is 2.74. The maximum Gasteiger partial charge on any atom is 0.418 e. The standard InChI is InChI=1S/C23H14F6N2O2/c24-17-6-3-7-18(25)14(17)9-11-21(32)31-20-10-8-13(12-16(20)23(27,28)29)30-22(33)15-4-1-2-5-19(15)26/h1-12H,(H,30,33)(H,31,32)/b11-9+. The Labute approximate surface area is 183 Å². The van der Waals surface area contributed by atoms with Gasteiger partial charge in [0.05, 0.1) is 16.8 Å². The van der Waals surface area contributed by atoms with Gasteiger partial charge in [-0.25, -0.2) is 13.2 Å². The lowest BCUT2D eigenvalue weighted by Gasteiger charge is -2.15. The number of anilines is 2. The number of nitrogens with one attached hydrogen (secondary N) is 2. The Hall–Kier alpha value is -4.08. The Bertz CT molecular complexity index is 1220. The average molecular weight is 464 g/mol. The third kappa shape index (κ3) is 5.79. The van der Waals surface area contributed by atoms with Crippen molar-refractivity contribution in [1.29, 1.82) is 0 Å². The summed E-state index contributed by atoms with van der Waals surface area (Å²) in [6.07, 6.45) is -3.46. The van der Waals surface area contributed by atoms with Crippen LogP contribution in [0.4, 0.5) is 37.7 Å². The van der Waals surface area contributed by atoms with E-state index in [0.29, 0.717) is 12.1 Å². The highest BCUT2D eigenvalue weighted by Crippen LogP contribution is 2.36. The van der Waals surface area contributed by atoms with E-state index in [1.54, 1.807) is 0 Å². The zero-order valence-electron chi connectivity index (χ0n) is 16.5. The molecule has 2 amide bonds. The molecule has 3 aromatic rings. The molecule has 0 atom stereocenters. The number of carbonyl (C=O) groups excluding carboxylic acids is 2. The summed E-state index contributed by atoms with van der Waals surface area (Å²) in [5.74, 6) is -4.80. The molecule has 0 fully saturated rings. The van der Waals surface area contributed by atoms with Gasteiger partial charge in [0.1, 0.15) is 17.5 Å². The first-order valence-corrected chi connectivity index (χ1v) is 9.26. The Balaban J connectivity index is 1.82. The molecule has 0 aromatic heterocycles. The molecule has 0 saturated carbocycles. The molecule has 4 nitrogen and oxygen atoms in total. The van der Waals surface area contributed by atoms with Crippen LogP contribution in [0.3, 0.4) is 0 Å². The molecule has 3 aromatic carbocycles. The van der Waals surface area contributed by atoms with Crippen molar-refractivity contribution >= 4 is 29.3 Å². The molecule has 0 aliphatic carbocycles. The van der Waals surface area contributed by atoms with Crippen molar-refractivity contribution in [2.45, 2.75) is 6.18 Å². The van der Waals surface area contributed by atoms with E-state index in [2.05, 4.69) is 5.32 Å². The lowest BCUT2D eigenvalue weighted by Crippen LogP contribution is -2.17. The first-order chi connectivity index (χ1) is 15.6. The molecule has 0 aliphatic heterocycles. The molecule has 33 heavy (non-hydrogen) atoms. The normalized spacial score (nSPS) is 11.5. The van der Waals surface area contributed by atoms with Crippen molar-refractivity contribution in [3.05, 3.63) is 101 Å². The molecular formula is C23H14F6N2O2. The Morgan fingerprint density at radius 1 is 0.788 bits per heavy atom. The summed E-state index contributed by atoms with van der Waals surface area (Å²) in [5, 5.41) is 4.15. The smallest absolute Gasteiger partial charge is 0.322 e. The van der Waals surface area contributed by atoms with Crippen LogP contribution in [0.25, 0.3) is 6.08 Å². The Morgan fingerprint density at radius 2 is 1.42 bits per heavy atom. The third-order valence-corrected chi connectivity index (χ3v) is 4.36. The minimum absolute atomic E-state index is 0.294. The summed E-state index contributed by atoms with van der Waals surface area (Å²) in [6, 6.07) is 10.5. The van der Waals surface area contributed by atoms with Gasteiger partial charge in [-0.1, -0.05) is 18.2 Å². The van der Waals surface area contributed by atoms with Gasteiger partial charge >= 0.3 is 6.18 Å². The fourth-order valence-electron chi connectivity index (χ4n) is 2.81. The summed E-state index contributed by atoms with van der Waals surface area (Å²) in [7, 11) is 0. The lowest BCUT2D eigenvalue weighted by atomic mass is 10.1. The second-order valence-corrected chi connectivity index (χ2v) is 6.65. The zero-order chi connectivity index (χ0) is 24.2. The van der Waals surface area contributed by atoms with Crippen LogP contribution in [-0.4, -0.2) is 11.8 Å². The monoisotopic (exact) mass is 464 g/mol. The molecule has 0 spiro atoms. The van der Waals surface area contributed by atoms with Crippen LogP contribution in [0.5, 0.6) is 0 Å². The number of alkyl halides is 3. The summed E-state index contributed by atoms with van der Waals surface area (Å²) >= 11 is 0. The molecular weight excluding hydrogens is 450 g/mol. The molecule has 10 heteroatoms. The molecule has 0 aliphatic rings. The van der Waals surface area contributed by atoms with Gasteiger partial charge < -0.3 is 10.6 Å². The molecule has 0 unspecified atom stereocenters. The van der Waals surface area contributed by atoms with Gasteiger partial charge in [-0.3, -0.25) is 9.59 Å². The van der Waals surface area contributed by atoms with E-state index in [0.717, 1.165) is 48.5 Å². The van der Waals surface area contributed by atoms with Crippen LogP contribution in [0, 0.1) is 17.5 Å². The number of hydrogen-bond donors (Lipinski definition) is 2. The summed E-state index contributed by atoms with van der Waals surface area (Å²) in [6.45, 7) is 0. The minimum Gasteiger partial charge on any atom is -0.322 e. The number of rotatable bonds is 5. The fourth-order valence-corrected chi connectivity index (χ4v) is 2.81. The van der Waals surface area contributed by atoms with Gasteiger partial charge in [-0.15, -0.1) is 0 Å². The van der Waals surface area contributed by atoms with E-state index in [4.69, 9.17) is 0 Å².